The number of carbonyl (C=O) groups is 2. The number of likely N-dealkylation sites (tertiary alicyclic amines) is 1. The van der Waals surface area contributed by atoms with Gasteiger partial charge in [-0.15, -0.1) is 0 Å². The van der Waals surface area contributed by atoms with Gasteiger partial charge in [0.15, 0.2) is 5.76 Å². The summed E-state index contributed by atoms with van der Waals surface area (Å²) >= 11 is 0. The summed E-state index contributed by atoms with van der Waals surface area (Å²) in [6.45, 7) is 3.05. The zero-order valence-electron chi connectivity index (χ0n) is 13.1. The van der Waals surface area contributed by atoms with E-state index in [1.54, 1.807) is 17.0 Å². The minimum atomic E-state index is -0.192. The van der Waals surface area contributed by atoms with Gasteiger partial charge < -0.3 is 14.6 Å². The van der Waals surface area contributed by atoms with Crippen LogP contribution >= 0.6 is 0 Å². The van der Waals surface area contributed by atoms with Crippen molar-refractivity contribution in [2.45, 2.75) is 19.8 Å². The largest absolute Gasteiger partial charge is 0.459 e. The molecule has 1 aromatic heterocycles. The van der Waals surface area contributed by atoms with Crippen LogP contribution in [0.4, 0.5) is 5.69 Å². The van der Waals surface area contributed by atoms with Crippen LogP contribution in [-0.4, -0.2) is 29.8 Å². The fourth-order valence-electron chi connectivity index (χ4n) is 2.88. The Labute approximate surface area is 135 Å². The molecular weight excluding hydrogens is 292 g/mol. The van der Waals surface area contributed by atoms with E-state index in [9.17, 15) is 9.59 Å². The van der Waals surface area contributed by atoms with E-state index in [0.717, 1.165) is 24.1 Å². The average Bonchev–Trinajstić information content (AvgIpc) is 3.11. The summed E-state index contributed by atoms with van der Waals surface area (Å²) in [4.78, 5) is 26.5. The van der Waals surface area contributed by atoms with Crippen LogP contribution < -0.4 is 5.32 Å². The van der Waals surface area contributed by atoms with E-state index in [1.165, 1.54) is 6.26 Å². The molecule has 1 N–H and O–H groups in total. The first-order valence-electron chi connectivity index (χ1n) is 7.84. The monoisotopic (exact) mass is 312 g/mol. The van der Waals surface area contributed by atoms with Gasteiger partial charge >= 0.3 is 0 Å². The Hall–Kier alpha value is -2.56. The highest BCUT2D eigenvalue weighted by Crippen LogP contribution is 2.21. The number of carbonyl (C=O) groups excluding carboxylic acids is 2. The van der Waals surface area contributed by atoms with Crippen LogP contribution in [0.3, 0.4) is 0 Å². The average molecular weight is 312 g/mol. The molecule has 0 radical (unpaired) electrons. The summed E-state index contributed by atoms with van der Waals surface area (Å²) in [6.07, 6.45) is 3.09. The van der Waals surface area contributed by atoms with E-state index in [-0.39, 0.29) is 17.7 Å². The lowest BCUT2D eigenvalue weighted by Gasteiger charge is -2.31. The Kier molecular flexibility index (Phi) is 4.46. The first-order chi connectivity index (χ1) is 11.1. The molecule has 2 aromatic rings. The van der Waals surface area contributed by atoms with Crippen molar-refractivity contribution in [3.8, 4) is 0 Å². The van der Waals surface area contributed by atoms with Crippen LogP contribution in [-0.2, 0) is 4.79 Å². The molecule has 0 bridgehead atoms. The van der Waals surface area contributed by atoms with E-state index in [2.05, 4.69) is 5.32 Å². The Morgan fingerprint density at radius 3 is 2.78 bits per heavy atom. The summed E-state index contributed by atoms with van der Waals surface area (Å²) in [5, 5.41) is 2.97. The van der Waals surface area contributed by atoms with Crippen molar-refractivity contribution < 1.29 is 14.0 Å². The number of hydrogen-bond donors (Lipinski definition) is 1. The molecular formula is C18H20N2O3. The zero-order chi connectivity index (χ0) is 16.2. The van der Waals surface area contributed by atoms with Gasteiger partial charge in [-0.25, -0.2) is 0 Å². The minimum Gasteiger partial charge on any atom is -0.459 e. The van der Waals surface area contributed by atoms with Crippen molar-refractivity contribution in [2.24, 2.45) is 5.92 Å². The van der Waals surface area contributed by atoms with E-state index in [0.29, 0.717) is 18.8 Å². The van der Waals surface area contributed by atoms with Gasteiger partial charge in [0.2, 0.25) is 5.91 Å². The maximum absolute atomic E-state index is 12.5. The molecule has 1 fully saturated rings. The Bertz CT molecular complexity index is 694. The molecule has 0 aliphatic carbocycles. The second-order valence-corrected chi connectivity index (χ2v) is 5.87. The van der Waals surface area contributed by atoms with E-state index >= 15 is 0 Å². The number of para-hydroxylation sites is 1. The van der Waals surface area contributed by atoms with Crippen LogP contribution in [0.25, 0.3) is 0 Å². The lowest BCUT2D eigenvalue weighted by atomic mass is 9.96. The molecule has 2 heterocycles. The van der Waals surface area contributed by atoms with Crippen molar-refractivity contribution in [2.75, 3.05) is 18.4 Å². The van der Waals surface area contributed by atoms with Gasteiger partial charge in [0.1, 0.15) is 0 Å². The molecule has 0 saturated carbocycles. The summed E-state index contributed by atoms with van der Waals surface area (Å²) in [5.74, 6) is -0.0492. The number of nitrogens with zero attached hydrogens (tertiary/aromatic N) is 1. The third-order valence-electron chi connectivity index (χ3n) is 4.21. The lowest BCUT2D eigenvalue weighted by Crippen LogP contribution is -2.43. The first-order valence-corrected chi connectivity index (χ1v) is 7.84. The number of benzene rings is 1. The van der Waals surface area contributed by atoms with Gasteiger partial charge in [-0.1, -0.05) is 18.2 Å². The summed E-state index contributed by atoms with van der Waals surface area (Å²) in [7, 11) is 0. The van der Waals surface area contributed by atoms with E-state index in [4.69, 9.17) is 4.42 Å². The fourth-order valence-corrected chi connectivity index (χ4v) is 2.88. The third kappa shape index (κ3) is 3.44. The molecule has 0 spiro atoms. The van der Waals surface area contributed by atoms with Gasteiger partial charge in [0, 0.05) is 18.8 Å². The molecule has 5 nitrogen and oxygen atoms in total. The summed E-state index contributed by atoms with van der Waals surface area (Å²) in [6, 6.07) is 11.0. The number of aryl methyl sites for hydroxylation is 1. The highest BCUT2D eigenvalue weighted by molar-refractivity contribution is 5.95. The predicted octanol–water partition coefficient (Wildman–Crippen LogP) is 3.08. The molecule has 5 heteroatoms. The van der Waals surface area contributed by atoms with Crippen LogP contribution in [0.1, 0.15) is 29.0 Å². The van der Waals surface area contributed by atoms with E-state index < -0.39 is 0 Å². The maximum atomic E-state index is 12.5. The van der Waals surface area contributed by atoms with Gasteiger partial charge in [0.05, 0.1) is 12.2 Å². The molecule has 1 unspecified atom stereocenters. The van der Waals surface area contributed by atoms with Crippen molar-refractivity contribution >= 4 is 17.5 Å². The van der Waals surface area contributed by atoms with Crippen LogP contribution in [0.2, 0.25) is 0 Å². The Morgan fingerprint density at radius 2 is 2.04 bits per heavy atom. The quantitative estimate of drug-likeness (QED) is 0.947. The Balaban J connectivity index is 1.65. The molecule has 1 saturated heterocycles. The van der Waals surface area contributed by atoms with Crippen LogP contribution in [0, 0.1) is 12.8 Å². The fraction of sp³-hybridized carbons (Fsp3) is 0.333. The minimum absolute atomic E-state index is 0.0313. The van der Waals surface area contributed by atoms with Crippen molar-refractivity contribution in [3.05, 3.63) is 54.0 Å². The molecule has 1 aliphatic rings. The van der Waals surface area contributed by atoms with Gasteiger partial charge in [0.25, 0.3) is 5.91 Å². The first kappa shape index (κ1) is 15.3. The van der Waals surface area contributed by atoms with Crippen molar-refractivity contribution in [1.29, 1.82) is 0 Å². The van der Waals surface area contributed by atoms with Crippen LogP contribution in [0.5, 0.6) is 0 Å². The predicted molar refractivity (Wildman–Crippen MR) is 87.1 cm³/mol. The SMILES string of the molecule is Cc1ccccc1NC(=O)C1CCCN(C(=O)c2ccco2)C1. The maximum Gasteiger partial charge on any atom is 0.289 e. The molecule has 120 valence electrons. The number of rotatable bonds is 3. The molecule has 1 aliphatic heterocycles. The smallest absolute Gasteiger partial charge is 0.289 e. The Morgan fingerprint density at radius 1 is 1.22 bits per heavy atom. The molecule has 2 amide bonds. The highest BCUT2D eigenvalue weighted by Gasteiger charge is 2.30. The number of nitrogens with one attached hydrogen (secondary N) is 1. The number of furan rings is 1. The molecule has 1 aromatic carbocycles. The normalized spacial score (nSPS) is 17.8. The molecule has 1 atom stereocenters. The van der Waals surface area contributed by atoms with Gasteiger partial charge in [-0.2, -0.15) is 0 Å². The zero-order valence-corrected chi connectivity index (χ0v) is 13.1. The third-order valence-corrected chi connectivity index (χ3v) is 4.21. The van der Waals surface area contributed by atoms with Crippen molar-refractivity contribution in [3.63, 3.8) is 0 Å². The number of anilines is 1. The van der Waals surface area contributed by atoms with E-state index in [1.807, 2.05) is 31.2 Å². The number of piperidine rings is 1. The second kappa shape index (κ2) is 6.69. The molecule has 3 rings (SSSR count). The standard InChI is InChI=1S/C18H20N2O3/c1-13-6-2-3-8-15(13)19-17(21)14-7-4-10-20(12-14)18(22)16-9-5-11-23-16/h2-3,5-6,8-9,11,14H,4,7,10,12H2,1H3,(H,19,21). The highest BCUT2D eigenvalue weighted by atomic mass is 16.3. The molecule has 23 heavy (non-hydrogen) atoms. The summed E-state index contributed by atoms with van der Waals surface area (Å²) < 4.78 is 5.16. The summed E-state index contributed by atoms with van der Waals surface area (Å²) in [5.41, 5.74) is 1.85. The van der Waals surface area contributed by atoms with Gasteiger partial charge in [-0.3, -0.25) is 9.59 Å². The number of hydrogen-bond acceptors (Lipinski definition) is 3. The van der Waals surface area contributed by atoms with Crippen molar-refractivity contribution in [1.82, 2.24) is 4.90 Å². The van der Waals surface area contributed by atoms with Crippen LogP contribution in [0.15, 0.2) is 47.1 Å². The lowest BCUT2D eigenvalue weighted by molar-refractivity contribution is -0.121. The van der Waals surface area contributed by atoms with Gasteiger partial charge in [-0.05, 0) is 43.5 Å². The number of amides is 2. The topological polar surface area (TPSA) is 62.6 Å². The second-order valence-electron chi connectivity index (χ2n) is 5.87.